The van der Waals surface area contributed by atoms with E-state index in [1.165, 1.54) is 6.07 Å². The summed E-state index contributed by atoms with van der Waals surface area (Å²) in [6, 6.07) is 7.39. The summed E-state index contributed by atoms with van der Waals surface area (Å²) in [5, 5.41) is 8.17. The number of hydrogen-bond acceptors (Lipinski definition) is 3. The highest BCUT2D eigenvalue weighted by Gasteiger charge is 2.29. The van der Waals surface area contributed by atoms with Crippen LogP contribution in [0.4, 0.5) is 4.39 Å². The van der Waals surface area contributed by atoms with Crippen molar-refractivity contribution < 1.29 is 4.39 Å². The summed E-state index contributed by atoms with van der Waals surface area (Å²) in [5.74, 6) is -0.124. The molecule has 23 heavy (non-hydrogen) atoms. The van der Waals surface area contributed by atoms with Gasteiger partial charge in [-0.2, -0.15) is 5.10 Å². The molecule has 0 amide bonds. The van der Waals surface area contributed by atoms with E-state index < -0.39 is 0 Å². The van der Waals surface area contributed by atoms with E-state index in [1.807, 2.05) is 18.3 Å². The highest BCUT2D eigenvalue weighted by atomic mass is 79.9. The zero-order valence-corrected chi connectivity index (χ0v) is 14.2. The monoisotopic (exact) mass is 374 g/mol. The van der Waals surface area contributed by atoms with Gasteiger partial charge in [-0.05, 0) is 40.4 Å². The maximum atomic E-state index is 14.2. The van der Waals surface area contributed by atoms with Crippen molar-refractivity contribution in [3.8, 4) is 0 Å². The largest absolute Gasteiger partial charge is 0.301 e. The van der Waals surface area contributed by atoms with Gasteiger partial charge >= 0.3 is 0 Å². The number of rotatable bonds is 2. The second kappa shape index (κ2) is 5.69. The molecule has 4 nitrogen and oxygen atoms in total. The molecule has 4 rings (SSSR count). The van der Waals surface area contributed by atoms with Crippen molar-refractivity contribution in [1.82, 2.24) is 19.9 Å². The predicted octanol–water partition coefficient (Wildman–Crippen LogP) is 3.97. The molecule has 1 aliphatic rings. The first-order chi connectivity index (χ1) is 11.2. The van der Waals surface area contributed by atoms with Crippen molar-refractivity contribution in [3.05, 3.63) is 63.8 Å². The molecule has 3 aromatic rings. The lowest BCUT2D eigenvalue weighted by Gasteiger charge is -2.32. The van der Waals surface area contributed by atoms with Crippen LogP contribution in [0.25, 0.3) is 5.65 Å². The van der Waals surface area contributed by atoms with Crippen LogP contribution in [0.15, 0.2) is 41.1 Å². The predicted molar refractivity (Wildman–Crippen MR) is 89.7 cm³/mol. The Hall–Kier alpha value is -1.79. The molecule has 0 radical (unpaired) electrons. The molecule has 0 aliphatic carbocycles. The van der Waals surface area contributed by atoms with Crippen LogP contribution >= 0.6 is 15.9 Å². The molecule has 2 unspecified atom stereocenters. The zero-order chi connectivity index (χ0) is 16.0. The van der Waals surface area contributed by atoms with Crippen LogP contribution in [0, 0.1) is 5.82 Å². The highest BCUT2D eigenvalue weighted by molar-refractivity contribution is 9.10. The van der Waals surface area contributed by atoms with E-state index in [4.69, 9.17) is 0 Å². The van der Waals surface area contributed by atoms with Crippen molar-refractivity contribution in [1.29, 1.82) is 0 Å². The fourth-order valence-electron chi connectivity index (χ4n) is 3.31. The van der Waals surface area contributed by atoms with E-state index in [0.29, 0.717) is 0 Å². The Kier molecular flexibility index (Phi) is 3.66. The van der Waals surface area contributed by atoms with Crippen LogP contribution in [0.5, 0.6) is 0 Å². The van der Waals surface area contributed by atoms with Gasteiger partial charge in [0.1, 0.15) is 5.82 Å². The fourth-order valence-corrected chi connectivity index (χ4v) is 3.61. The van der Waals surface area contributed by atoms with Gasteiger partial charge in [0.2, 0.25) is 0 Å². The molecule has 2 atom stereocenters. The average Bonchev–Trinajstić information content (AvgIpc) is 2.97. The van der Waals surface area contributed by atoms with Gasteiger partial charge in [-0.3, -0.25) is 0 Å². The van der Waals surface area contributed by atoms with Crippen molar-refractivity contribution in [2.45, 2.75) is 31.8 Å². The molecule has 118 valence electrons. The second-order valence-electron chi connectivity index (χ2n) is 5.84. The van der Waals surface area contributed by atoms with Crippen LogP contribution in [0.2, 0.25) is 0 Å². The van der Waals surface area contributed by atoms with Crippen LogP contribution in [0.3, 0.4) is 0 Å². The molecule has 3 heterocycles. The van der Waals surface area contributed by atoms with Gasteiger partial charge in [0.05, 0.1) is 16.2 Å². The molecule has 6 heteroatoms. The summed E-state index contributed by atoms with van der Waals surface area (Å²) >= 11 is 3.41. The molecule has 2 aromatic heterocycles. The zero-order valence-electron chi connectivity index (χ0n) is 12.6. The van der Waals surface area contributed by atoms with E-state index >= 15 is 0 Å². The Morgan fingerprint density at radius 1 is 1.43 bits per heavy atom. The summed E-state index contributed by atoms with van der Waals surface area (Å²) in [6.45, 7) is 2.07. The van der Waals surface area contributed by atoms with Gasteiger partial charge in [-0.15, -0.1) is 0 Å². The quantitative estimate of drug-likeness (QED) is 0.737. The minimum Gasteiger partial charge on any atom is -0.301 e. The first-order valence-corrected chi connectivity index (χ1v) is 8.49. The van der Waals surface area contributed by atoms with Crippen molar-refractivity contribution in [3.63, 3.8) is 0 Å². The van der Waals surface area contributed by atoms with E-state index in [1.54, 1.807) is 16.8 Å². The average molecular weight is 375 g/mol. The minimum atomic E-state index is -0.124. The maximum absolute atomic E-state index is 14.2. The van der Waals surface area contributed by atoms with E-state index in [0.717, 1.165) is 39.8 Å². The standard InChI is InChI=1S/C17H16BrFN4/c1-2-13-17-10(4-3-5-12(17)19)6-14(21-13)15-7-16-20-8-11(18)9-23(16)22-15/h3-5,7-9,13-14,21H,2,6H2,1H3. The maximum Gasteiger partial charge on any atom is 0.155 e. The number of aromatic nitrogens is 3. The summed E-state index contributed by atoms with van der Waals surface area (Å²) < 4.78 is 16.8. The van der Waals surface area contributed by atoms with Gasteiger partial charge in [0.25, 0.3) is 0 Å². The van der Waals surface area contributed by atoms with Crippen LogP contribution in [-0.4, -0.2) is 14.6 Å². The molecule has 0 saturated heterocycles. The van der Waals surface area contributed by atoms with E-state index in [9.17, 15) is 4.39 Å². The molecule has 1 N–H and O–H groups in total. The smallest absolute Gasteiger partial charge is 0.155 e. The molecular weight excluding hydrogens is 359 g/mol. The summed E-state index contributed by atoms with van der Waals surface area (Å²) in [4.78, 5) is 4.36. The Bertz CT molecular complexity index is 876. The van der Waals surface area contributed by atoms with E-state index in [2.05, 4.69) is 38.3 Å². The first-order valence-electron chi connectivity index (χ1n) is 7.70. The number of hydrogen-bond donors (Lipinski definition) is 1. The molecule has 0 spiro atoms. The number of fused-ring (bicyclic) bond motifs is 2. The normalized spacial score (nSPS) is 20.7. The van der Waals surface area contributed by atoms with Gasteiger partial charge in [0.15, 0.2) is 5.65 Å². The third-order valence-electron chi connectivity index (χ3n) is 4.38. The lowest BCUT2D eigenvalue weighted by atomic mass is 9.87. The van der Waals surface area contributed by atoms with Gasteiger partial charge in [-0.1, -0.05) is 19.1 Å². The van der Waals surface area contributed by atoms with E-state index in [-0.39, 0.29) is 17.9 Å². The Morgan fingerprint density at radius 3 is 3.13 bits per heavy atom. The Balaban J connectivity index is 1.75. The topological polar surface area (TPSA) is 42.2 Å². The fraction of sp³-hybridized carbons (Fsp3) is 0.294. The number of halogens is 2. The number of benzene rings is 1. The lowest BCUT2D eigenvalue weighted by Crippen LogP contribution is -2.34. The molecule has 0 bridgehead atoms. The van der Waals surface area contributed by atoms with Gasteiger partial charge in [-0.25, -0.2) is 13.9 Å². The Labute approximate surface area is 141 Å². The van der Waals surface area contributed by atoms with Crippen molar-refractivity contribution in [2.24, 2.45) is 0 Å². The third-order valence-corrected chi connectivity index (χ3v) is 4.79. The molecule has 0 fully saturated rings. The molecular formula is C17H16BrFN4. The molecule has 1 aromatic carbocycles. The van der Waals surface area contributed by atoms with Crippen LogP contribution in [-0.2, 0) is 6.42 Å². The third kappa shape index (κ3) is 2.56. The molecule has 0 saturated carbocycles. The first kappa shape index (κ1) is 14.8. The van der Waals surface area contributed by atoms with Gasteiger partial charge < -0.3 is 5.32 Å². The summed E-state index contributed by atoms with van der Waals surface area (Å²) in [7, 11) is 0. The number of nitrogens with one attached hydrogen (secondary N) is 1. The second-order valence-corrected chi connectivity index (χ2v) is 6.76. The van der Waals surface area contributed by atoms with Crippen LogP contribution < -0.4 is 5.32 Å². The summed E-state index contributed by atoms with van der Waals surface area (Å²) in [6.07, 6.45) is 5.21. The van der Waals surface area contributed by atoms with Crippen molar-refractivity contribution in [2.75, 3.05) is 0 Å². The van der Waals surface area contributed by atoms with Gasteiger partial charge in [0, 0.05) is 30.1 Å². The number of nitrogens with zero attached hydrogens (tertiary/aromatic N) is 3. The Morgan fingerprint density at radius 2 is 2.30 bits per heavy atom. The molecule has 1 aliphatic heterocycles. The highest BCUT2D eigenvalue weighted by Crippen LogP contribution is 2.34. The lowest BCUT2D eigenvalue weighted by molar-refractivity contribution is 0.382. The summed E-state index contributed by atoms with van der Waals surface area (Å²) in [5.41, 5.74) is 3.61. The van der Waals surface area contributed by atoms with Crippen molar-refractivity contribution >= 4 is 21.6 Å². The van der Waals surface area contributed by atoms with Crippen LogP contribution in [0.1, 0.15) is 42.2 Å². The SMILES string of the molecule is CCC1NC(c2cc3ncc(Br)cn3n2)Cc2cccc(F)c21. The minimum absolute atomic E-state index is 0.00876.